The van der Waals surface area contributed by atoms with Crippen LogP contribution in [0.2, 0.25) is 0 Å². The van der Waals surface area contributed by atoms with Gasteiger partial charge in [0.2, 0.25) is 0 Å². The van der Waals surface area contributed by atoms with Crippen molar-refractivity contribution < 1.29 is 13.2 Å². The van der Waals surface area contributed by atoms with Crippen LogP contribution in [0.15, 0.2) is 60.7 Å². The summed E-state index contributed by atoms with van der Waals surface area (Å²) in [4.78, 5) is 4.15. The molecule has 3 rings (SSSR count). The smallest absolute Gasteiger partial charge is 0.257 e. The Morgan fingerprint density at radius 3 is 2.67 bits per heavy atom. The highest BCUT2D eigenvalue weighted by Crippen LogP contribution is 2.33. The molecule has 1 unspecified atom stereocenters. The number of nitrogens with one attached hydrogen (secondary N) is 1. The van der Waals surface area contributed by atoms with E-state index in [2.05, 4.69) is 9.71 Å². The first kappa shape index (κ1) is 18.7. The van der Waals surface area contributed by atoms with Crippen LogP contribution in [-0.2, 0) is 10.0 Å². The zero-order valence-electron chi connectivity index (χ0n) is 15.0. The number of benzene rings is 1. The van der Waals surface area contributed by atoms with E-state index in [-0.39, 0.29) is 12.2 Å². The van der Waals surface area contributed by atoms with E-state index in [0.717, 1.165) is 11.1 Å². The second-order valence-corrected chi connectivity index (χ2v) is 8.14. The summed E-state index contributed by atoms with van der Waals surface area (Å²) in [6, 6.07) is 14.4. The standard InChI is InChI=1S/C20H19N3O3S/c1-15-5-3-8-19(22-15)23-27(24,25)20(14-21)11-9-16(10-12-20)17-6-4-7-18(13-17)26-2/h3-11,13H,12H2,1-2H3,(H,22,23). The van der Waals surface area contributed by atoms with Crippen molar-refractivity contribution in [2.24, 2.45) is 0 Å². The number of sulfonamides is 1. The lowest BCUT2D eigenvalue weighted by Crippen LogP contribution is -2.40. The third-order valence-electron chi connectivity index (χ3n) is 4.36. The summed E-state index contributed by atoms with van der Waals surface area (Å²) in [5.41, 5.74) is 2.41. The quantitative estimate of drug-likeness (QED) is 0.856. The lowest BCUT2D eigenvalue weighted by atomic mass is 9.93. The highest BCUT2D eigenvalue weighted by molar-refractivity contribution is 7.94. The highest BCUT2D eigenvalue weighted by Gasteiger charge is 2.43. The maximum Gasteiger partial charge on any atom is 0.257 e. The molecule has 1 aliphatic rings. The first-order chi connectivity index (χ1) is 12.9. The zero-order valence-corrected chi connectivity index (χ0v) is 15.8. The minimum absolute atomic E-state index is 0.0354. The van der Waals surface area contributed by atoms with Crippen LogP contribution in [0.4, 0.5) is 5.82 Å². The molecule has 0 fully saturated rings. The van der Waals surface area contributed by atoms with Gasteiger partial charge in [-0.3, -0.25) is 4.72 Å². The summed E-state index contributed by atoms with van der Waals surface area (Å²) in [5.74, 6) is 0.902. The molecule has 7 heteroatoms. The lowest BCUT2D eigenvalue weighted by Gasteiger charge is -2.25. The summed E-state index contributed by atoms with van der Waals surface area (Å²) in [7, 11) is -2.43. The third-order valence-corrected chi connectivity index (χ3v) is 6.19. The number of nitrogens with zero attached hydrogens (tertiary/aromatic N) is 2. The number of aryl methyl sites for hydroxylation is 1. The van der Waals surface area contributed by atoms with Crippen LogP contribution in [-0.4, -0.2) is 25.3 Å². The molecule has 27 heavy (non-hydrogen) atoms. The van der Waals surface area contributed by atoms with Crippen LogP contribution in [0.5, 0.6) is 5.75 Å². The molecule has 1 aliphatic carbocycles. The van der Waals surface area contributed by atoms with Crippen molar-refractivity contribution in [3.63, 3.8) is 0 Å². The van der Waals surface area contributed by atoms with Crippen molar-refractivity contribution in [1.29, 1.82) is 5.26 Å². The number of pyridine rings is 1. The normalized spacial score (nSPS) is 19.1. The van der Waals surface area contributed by atoms with Gasteiger partial charge in [-0.15, -0.1) is 0 Å². The van der Waals surface area contributed by atoms with Crippen molar-refractivity contribution in [3.8, 4) is 11.8 Å². The summed E-state index contributed by atoms with van der Waals surface area (Å²) in [6.45, 7) is 1.77. The van der Waals surface area contributed by atoms with E-state index >= 15 is 0 Å². The topological polar surface area (TPSA) is 92.1 Å². The Morgan fingerprint density at radius 2 is 2.04 bits per heavy atom. The Hall–Kier alpha value is -3.11. The molecule has 1 aromatic carbocycles. The Bertz CT molecular complexity index is 1070. The molecule has 138 valence electrons. The molecular formula is C20H19N3O3S. The second-order valence-electron chi connectivity index (χ2n) is 6.20. The molecule has 1 N–H and O–H groups in total. The van der Waals surface area contributed by atoms with Gasteiger partial charge in [0, 0.05) is 12.1 Å². The number of hydrogen-bond acceptors (Lipinski definition) is 5. The lowest BCUT2D eigenvalue weighted by molar-refractivity contribution is 0.414. The monoisotopic (exact) mass is 381 g/mol. The van der Waals surface area contributed by atoms with Gasteiger partial charge < -0.3 is 4.74 Å². The van der Waals surface area contributed by atoms with Crippen LogP contribution in [0.1, 0.15) is 17.7 Å². The van der Waals surface area contributed by atoms with Gasteiger partial charge in [-0.1, -0.05) is 30.4 Å². The summed E-state index contributed by atoms with van der Waals surface area (Å²) >= 11 is 0. The zero-order chi connectivity index (χ0) is 19.5. The van der Waals surface area contributed by atoms with E-state index in [1.165, 1.54) is 6.08 Å². The predicted octanol–water partition coefficient (Wildman–Crippen LogP) is 3.45. The fraction of sp³-hybridized carbons (Fsp3) is 0.200. The first-order valence-electron chi connectivity index (χ1n) is 8.30. The molecule has 0 spiro atoms. The van der Waals surface area contributed by atoms with Gasteiger partial charge in [-0.2, -0.15) is 5.26 Å². The van der Waals surface area contributed by atoms with Crippen molar-refractivity contribution in [2.45, 2.75) is 18.1 Å². The molecule has 1 aromatic heterocycles. The number of methoxy groups -OCH3 is 1. The fourth-order valence-corrected chi connectivity index (χ4v) is 4.05. The molecule has 0 saturated carbocycles. The fourth-order valence-electron chi connectivity index (χ4n) is 2.81. The number of allylic oxidation sites excluding steroid dienone is 3. The molecular weight excluding hydrogens is 362 g/mol. The minimum Gasteiger partial charge on any atom is -0.497 e. The Balaban J connectivity index is 1.88. The van der Waals surface area contributed by atoms with E-state index in [9.17, 15) is 13.7 Å². The number of ether oxygens (including phenoxy) is 1. The van der Waals surface area contributed by atoms with Gasteiger partial charge >= 0.3 is 0 Å². The molecule has 1 atom stereocenters. The van der Waals surface area contributed by atoms with Crippen molar-refractivity contribution in [1.82, 2.24) is 4.98 Å². The van der Waals surface area contributed by atoms with E-state index < -0.39 is 14.8 Å². The number of anilines is 1. The SMILES string of the molecule is COc1cccc(C2=CCC(C#N)(S(=O)(=O)Nc3cccc(C)n3)C=C2)c1. The molecule has 0 aliphatic heterocycles. The van der Waals surface area contributed by atoms with E-state index in [0.29, 0.717) is 11.4 Å². The van der Waals surface area contributed by atoms with Crippen LogP contribution >= 0.6 is 0 Å². The molecule has 0 bridgehead atoms. The Morgan fingerprint density at radius 1 is 1.26 bits per heavy atom. The molecule has 1 heterocycles. The van der Waals surface area contributed by atoms with E-state index in [1.807, 2.05) is 30.3 Å². The highest BCUT2D eigenvalue weighted by atomic mass is 32.2. The second kappa shape index (κ2) is 7.25. The largest absolute Gasteiger partial charge is 0.497 e. The van der Waals surface area contributed by atoms with Gasteiger partial charge in [0.1, 0.15) is 11.6 Å². The summed E-state index contributed by atoms with van der Waals surface area (Å²) < 4.78 is 31.7. The maximum absolute atomic E-state index is 12.9. The van der Waals surface area contributed by atoms with Gasteiger partial charge in [0.25, 0.3) is 10.0 Å². The maximum atomic E-state index is 12.9. The van der Waals surface area contributed by atoms with E-state index in [4.69, 9.17) is 4.74 Å². The van der Waals surface area contributed by atoms with Gasteiger partial charge in [-0.25, -0.2) is 13.4 Å². The first-order valence-corrected chi connectivity index (χ1v) is 9.78. The average Bonchev–Trinajstić information content (AvgIpc) is 2.67. The average molecular weight is 381 g/mol. The molecule has 0 saturated heterocycles. The third kappa shape index (κ3) is 3.71. The summed E-state index contributed by atoms with van der Waals surface area (Å²) in [5, 5.41) is 9.66. The van der Waals surface area contributed by atoms with E-state index in [1.54, 1.807) is 44.4 Å². The molecule has 0 radical (unpaired) electrons. The molecule has 0 amide bonds. The van der Waals surface area contributed by atoms with Crippen LogP contribution in [0, 0.1) is 18.3 Å². The predicted molar refractivity (Wildman–Crippen MR) is 105 cm³/mol. The van der Waals surface area contributed by atoms with Gasteiger partial charge in [0.05, 0.1) is 13.2 Å². The van der Waals surface area contributed by atoms with Crippen molar-refractivity contribution in [3.05, 3.63) is 72.0 Å². The number of aromatic nitrogens is 1. The Labute approximate surface area is 158 Å². The number of hydrogen-bond donors (Lipinski definition) is 1. The van der Waals surface area contributed by atoms with Gasteiger partial charge in [0.15, 0.2) is 4.75 Å². The van der Waals surface area contributed by atoms with Crippen LogP contribution in [0.25, 0.3) is 5.57 Å². The summed E-state index contributed by atoms with van der Waals surface area (Å²) in [6.07, 6.45) is 4.87. The van der Waals surface area contributed by atoms with Crippen molar-refractivity contribution in [2.75, 3.05) is 11.8 Å². The Kier molecular flexibility index (Phi) is 5.02. The molecule has 6 nitrogen and oxygen atoms in total. The van der Waals surface area contributed by atoms with Gasteiger partial charge in [-0.05, 0) is 48.4 Å². The minimum atomic E-state index is -4.01. The van der Waals surface area contributed by atoms with Crippen LogP contribution < -0.4 is 9.46 Å². The molecule has 2 aromatic rings. The number of rotatable bonds is 5. The number of nitriles is 1. The van der Waals surface area contributed by atoms with Crippen LogP contribution in [0.3, 0.4) is 0 Å². The van der Waals surface area contributed by atoms with Crippen molar-refractivity contribution >= 4 is 21.4 Å².